The second kappa shape index (κ2) is 7.88. The SMILES string of the molecule is CC(C)[C@H](N)c1cc(OCc2ccccc2)ccn1.Cl. The monoisotopic (exact) mass is 292 g/mol. The van der Waals surface area contributed by atoms with Crippen LogP contribution in [0.15, 0.2) is 48.7 Å². The van der Waals surface area contributed by atoms with Crippen molar-refractivity contribution < 1.29 is 4.74 Å². The number of nitrogens with two attached hydrogens (primary N) is 1. The lowest BCUT2D eigenvalue weighted by Gasteiger charge is -2.15. The van der Waals surface area contributed by atoms with E-state index >= 15 is 0 Å². The summed E-state index contributed by atoms with van der Waals surface area (Å²) in [7, 11) is 0. The third-order valence-corrected chi connectivity index (χ3v) is 3.06. The molecule has 0 unspecified atom stereocenters. The molecule has 0 fully saturated rings. The molecule has 0 aliphatic rings. The molecule has 0 bridgehead atoms. The highest BCUT2D eigenvalue weighted by Crippen LogP contribution is 2.21. The van der Waals surface area contributed by atoms with Gasteiger partial charge in [-0.2, -0.15) is 0 Å². The van der Waals surface area contributed by atoms with Crippen LogP contribution in [0.1, 0.15) is 31.1 Å². The van der Waals surface area contributed by atoms with E-state index in [-0.39, 0.29) is 18.4 Å². The topological polar surface area (TPSA) is 48.1 Å². The molecule has 0 radical (unpaired) electrons. The van der Waals surface area contributed by atoms with Crippen LogP contribution in [0.2, 0.25) is 0 Å². The normalized spacial score (nSPS) is 11.8. The van der Waals surface area contributed by atoms with Crippen LogP contribution in [0.5, 0.6) is 5.75 Å². The van der Waals surface area contributed by atoms with E-state index in [4.69, 9.17) is 10.5 Å². The fourth-order valence-corrected chi connectivity index (χ4v) is 1.78. The van der Waals surface area contributed by atoms with Crippen molar-refractivity contribution in [2.45, 2.75) is 26.5 Å². The van der Waals surface area contributed by atoms with Gasteiger partial charge in [-0.1, -0.05) is 44.2 Å². The van der Waals surface area contributed by atoms with Crippen molar-refractivity contribution in [3.05, 3.63) is 59.9 Å². The van der Waals surface area contributed by atoms with Crippen molar-refractivity contribution in [2.24, 2.45) is 11.7 Å². The number of pyridine rings is 1. The van der Waals surface area contributed by atoms with Gasteiger partial charge in [0.05, 0.1) is 5.69 Å². The van der Waals surface area contributed by atoms with E-state index in [1.165, 1.54) is 0 Å². The molecule has 20 heavy (non-hydrogen) atoms. The van der Waals surface area contributed by atoms with Crippen LogP contribution in [0.3, 0.4) is 0 Å². The summed E-state index contributed by atoms with van der Waals surface area (Å²) < 4.78 is 5.77. The van der Waals surface area contributed by atoms with Crippen molar-refractivity contribution in [3.8, 4) is 5.75 Å². The second-order valence-corrected chi connectivity index (χ2v) is 4.96. The van der Waals surface area contributed by atoms with Crippen molar-refractivity contribution in [1.29, 1.82) is 0 Å². The van der Waals surface area contributed by atoms with Crippen LogP contribution in [0.25, 0.3) is 0 Å². The molecule has 0 aliphatic carbocycles. The lowest BCUT2D eigenvalue weighted by atomic mass is 10.0. The highest BCUT2D eigenvalue weighted by Gasteiger charge is 2.12. The highest BCUT2D eigenvalue weighted by molar-refractivity contribution is 5.85. The molecule has 3 nitrogen and oxygen atoms in total. The molecule has 0 spiro atoms. The van der Waals surface area contributed by atoms with Crippen LogP contribution < -0.4 is 10.5 Å². The Morgan fingerprint density at radius 3 is 2.50 bits per heavy atom. The van der Waals surface area contributed by atoms with Gasteiger partial charge >= 0.3 is 0 Å². The number of nitrogens with zero attached hydrogens (tertiary/aromatic N) is 1. The van der Waals surface area contributed by atoms with Gasteiger partial charge in [-0.3, -0.25) is 4.98 Å². The lowest BCUT2D eigenvalue weighted by molar-refractivity contribution is 0.305. The van der Waals surface area contributed by atoms with Crippen LogP contribution >= 0.6 is 12.4 Å². The molecule has 1 aromatic heterocycles. The number of aromatic nitrogens is 1. The first kappa shape index (κ1) is 16.5. The van der Waals surface area contributed by atoms with Gasteiger partial charge in [-0.25, -0.2) is 0 Å². The Hall–Kier alpha value is -1.58. The van der Waals surface area contributed by atoms with E-state index < -0.39 is 0 Å². The molecule has 1 heterocycles. The second-order valence-electron chi connectivity index (χ2n) is 4.96. The fraction of sp³-hybridized carbons (Fsp3) is 0.312. The Balaban J connectivity index is 0.00000200. The Labute approximate surface area is 126 Å². The van der Waals surface area contributed by atoms with Crippen molar-refractivity contribution in [3.63, 3.8) is 0 Å². The summed E-state index contributed by atoms with van der Waals surface area (Å²) in [4.78, 5) is 4.31. The Kier molecular flexibility index (Phi) is 6.49. The van der Waals surface area contributed by atoms with Gasteiger partial charge in [-0.05, 0) is 17.5 Å². The number of ether oxygens (including phenoxy) is 1. The Morgan fingerprint density at radius 2 is 1.85 bits per heavy atom. The molecule has 108 valence electrons. The van der Waals surface area contributed by atoms with Gasteiger partial charge in [0, 0.05) is 18.3 Å². The zero-order valence-corrected chi connectivity index (χ0v) is 12.6. The number of benzene rings is 1. The smallest absolute Gasteiger partial charge is 0.123 e. The number of rotatable bonds is 5. The van der Waals surface area contributed by atoms with Crippen LogP contribution in [-0.2, 0) is 6.61 Å². The summed E-state index contributed by atoms with van der Waals surface area (Å²) >= 11 is 0. The molecule has 1 aromatic carbocycles. The van der Waals surface area contributed by atoms with Gasteiger partial charge < -0.3 is 10.5 Å². The van der Waals surface area contributed by atoms with Gasteiger partial charge in [0.25, 0.3) is 0 Å². The number of halogens is 1. The summed E-state index contributed by atoms with van der Waals surface area (Å²) in [6.07, 6.45) is 1.75. The first-order valence-corrected chi connectivity index (χ1v) is 6.55. The van der Waals surface area contributed by atoms with Crippen molar-refractivity contribution in [2.75, 3.05) is 0 Å². The maximum absolute atomic E-state index is 6.10. The first-order chi connectivity index (χ1) is 9.16. The molecule has 1 atom stereocenters. The molecule has 2 N–H and O–H groups in total. The summed E-state index contributed by atoms with van der Waals surface area (Å²) in [5.41, 5.74) is 8.12. The molecular formula is C16H21ClN2O. The van der Waals surface area contributed by atoms with Crippen molar-refractivity contribution >= 4 is 12.4 Å². The predicted octanol–water partition coefficient (Wildman–Crippen LogP) is 3.74. The molecule has 2 rings (SSSR count). The zero-order chi connectivity index (χ0) is 13.7. The maximum atomic E-state index is 6.10. The van der Waals surface area contributed by atoms with E-state index in [9.17, 15) is 0 Å². The highest BCUT2D eigenvalue weighted by atomic mass is 35.5. The van der Waals surface area contributed by atoms with Crippen LogP contribution in [0.4, 0.5) is 0 Å². The standard InChI is InChI=1S/C16H20N2O.ClH/c1-12(2)16(17)15-10-14(8-9-18-15)19-11-13-6-4-3-5-7-13;/h3-10,12,16H,11,17H2,1-2H3;1H/t16-;/m0./s1. The van der Waals surface area contributed by atoms with E-state index in [1.54, 1.807) is 6.20 Å². The summed E-state index contributed by atoms with van der Waals surface area (Å²) in [5.74, 6) is 1.17. The largest absolute Gasteiger partial charge is 0.489 e. The van der Waals surface area contributed by atoms with Gasteiger partial charge in [-0.15, -0.1) is 12.4 Å². The Bertz CT molecular complexity index is 517. The first-order valence-electron chi connectivity index (χ1n) is 6.55. The lowest BCUT2D eigenvalue weighted by Crippen LogP contribution is -2.18. The van der Waals surface area contributed by atoms with Crippen LogP contribution in [-0.4, -0.2) is 4.98 Å². The average molecular weight is 293 g/mol. The summed E-state index contributed by atoms with van der Waals surface area (Å²) in [5, 5.41) is 0. The minimum Gasteiger partial charge on any atom is -0.489 e. The maximum Gasteiger partial charge on any atom is 0.123 e. The fourth-order valence-electron chi connectivity index (χ4n) is 1.78. The molecule has 0 amide bonds. The number of hydrogen-bond acceptors (Lipinski definition) is 3. The Morgan fingerprint density at radius 1 is 1.15 bits per heavy atom. The molecular weight excluding hydrogens is 272 g/mol. The third kappa shape index (κ3) is 4.51. The quantitative estimate of drug-likeness (QED) is 0.913. The van der Waals surface area contributed by atoms with E-state index in [0.717, 1.165) is 17.0 Å². The van der Waals surface area contributed by atoms with E-state index in [1.807, 2.05) is 42.5 Å². The van der Waals surface area contributed by atoms with Crippen molar-refractivity contribution in [1.82, 2.24) is 4.98 Å². The third-order valence-electron chi connectivity index (χ3n) is 3.06. The predicted molar refractivity (Wildman–Crippen MR) is 84.0 cm³/mol. The minimum atomic E-state index is -0.0553. The molecule has 2 aromatic rings. The molecule has 0 saturated carbocycles. The van der Waals surface area contributed by atoms with E-state index in [2.05, 4.69) is 18.8 Å². The van der Waals surface area contributed by atoms with E-state index in [0.29, 0.717) is 12.5 Å². The average Bonchev–Trinajstić information content (AvgIpc) is 2.45. The van der Waals surface area contributed by atoms with Gasteiger partial charge in [0.2, 0.25) is 0 Å². The van der Waals surface area contributed by atoms with Gasteiger partial charge in [0.15, 0.2) is 0 Å². The molecule has 4 heteroatoms. The minimum absolute atomic E-state index is 0. The zero-order valence-electron chi connectivity index (χ0n) is 11.8. The molecule has 0 saturated heterocycles. The summed E-state index contributed by atoms with van der Waals surface area (Å²) in [6, 6.07) is 13.8. The van der Waals surface area contributed by atoms with Gasteiger partial charge in [0.1, 0.15) is 12.4 Å². The van der Waals surface area contributed by atoms with Crippen LogP contribution in [0, 0.1) is 5.92 Å². The summed E-state index contributed by atoms with van der Waals surface area (Å²) in [6.45, 7) is 4.73. The number of hydrogen-bond donors (Lipinski definition) is 1. The molecule has 0 aliphatic heterocycles.